The molecule has 0 aromatic heterocycles. The monoisotopic (exact) mass is 224 g/mol. The number of ether oxygens (including phenoxy) is 2. The van der Waals surface area contributed by atoms with Crippen LogP contribution in [0.3, 0.4) is 0 Å². The summed E-state index contributed by atoms with van der Waals surface area (Å²) in [7, 11) is 3.03. The van der Waals surface area contributed by atoms with Gasteiger partial charge in [-0.15, -0.1) is 0 Å². The highest BCUT2D eigenvalue weighted by Gasteiger charge is 2.10. The van der Waals surface area contributed by atoms with Crippen LogP contribution in [0.1, 0.15) is 18.0 Å². The maximum atomic E-state index is 10.4. The molecule has 16 heavy (non-hydrogen) atoms. The van der Waals surface area contributed by atoms with E-state index in [-0.39, 0.29) is 6.42 Å². The van der Waals surface area contributed by atoms with E-state index >= 15 is 0 Å². The number of nitrogens with two attached hydrogens (primary N) is 1. The number of rotatable bonds is 5. The summed E-state index contributed by atoms with van der Waals surface area (Å²) in [6.07, 6.45) is -0.227. The van der Waals surface area contributed by atoms with Gasteiger partial charge in [-0.25, -0.2) is 0 Å². The summed E-state index contributed by atoms with van der Waals surface area (Å²) >= 11 is 0. The first-order valence-corrected chi connectivity index (χ1v) is 4.75. The summed E-state index contributed by atoms with van der Waals surface area (Å²) in [4.78, 5) is 10.4. The lowest BCUT2D eigenvalue weighted by atomic mass is 10.0. The van der Waals surface area contributed by atoms with Crippen molar-refractivity contribution in [3.05, 3.63) is 23.8 Å². The number of aliphatic carboxylic acids is 1. The molecule has 88 valence electrons. The van der Waals surface area contributed by atoms with Crippen molar-refractivity contribution in [2.45, 2.75) is 12.5 Å². The maximum absolute atomic E-state index is 10.4. The quantitative estimate of drug-likeness (QED) is 0.751. The SMILES string of the molecule is COc1ccc(C(N)CC(=O)[O-])cc1OC. The number of hydrogen-bond donors (Lipinski definition) is 1. The minimum atomic E-state index is -1.18. The number of carbonyl (C=O) groups is 1. The highest BCUT2D eigenvalue weighted by molar-refractivity contribution is 5.65. The van der Waals surface area contributed by atoms with E-state index in [1.807, 2.05) is 0 Å². The van der Waals surface area contributed by atoms with Crippen molar-refractivity contribution >= 4 is 5.97 Å². The van der Waals surface area contributed by atoms with Gasteiger partial charge in [0, 0.05) is 18.4 Å². The van der Waals surface area contributed by atoms with Crippen LogP contribution in [0.25, 0.3) is 0 Å². The van der Waals surface area contributed by atoms with Gasteiger partial charge in [0.25, 0.3) is 0 Å². The van der Waals surface area contributed by atoms with Crippen LogP contribution in [0.4, 0.5) is 0 Å². The number of hydrogen-bond acceptors (Lipinski definition) is 5. The molecule has 0 saturated heterocycles. The Bertz CT molecular complexity index is 378. The predicted molar refractivity (Wildman–Crippen MR) is 56.1 cm³/mol. The Morgan fingerprint density at radius 2 is 2.00 bits per heavy atom. The standard InChI is InChI=1S/C11H15NO4/c1-15-9-4-3-7(5-10(9)16-2)8(12)6-11(13)14/h3-5,8H,6,12H2,1-2H3,(H,13,14)/p-1. The molecular formula is C11H14NO4-. The van der Waals surface area contributed by atoms with E-state index < -0.39 is 12.0 Å². The lowest BCUT2D eigenvalue weighted by molar-refractivity contribution is -0.306. The maximum Gasteiger partial charge on any atom is 0.161 e. The minimum absolute atomic E-state index is 0.227. The van der Waals surface area contributed by atoms with Gasteiger partial charge in [0.05, 0.1) is 14.2 Å². The molecule has 0 heterocycles. The fourth-order valence-electron chi connectivity index (χ4n) is 1.38. The Kier molecular flexibility index (Phi) is 4.13. The molecule has 2 N–H and O–H groups in total. The average molecular weight is 224 g/mol. The van der Waals surface area contributed by atoms with Crippen LogP contribution in [0.5, 0.6) is 11.5 Å². The Morgan fingerprint density at radius 3 is 2.50 bits per heavy atom. The van der Waals surface area contributed by atoms with Crippen LogP contribution >= 0.6 is 0 Å². The number of carboxylic acid groups (broad SMARTS) is 1. The summed E-state index contributed by atoms with van der Waals surface area (Å²) in [5.74, 6) is -0.0806. The topological polar surface area (TPSA) is 84.6 Å². The van der Waals surface area contributed by atoms with Gasteiger partial charge < -0.3 is 25.1 Å². The molecule has 0 radical (unpaired) electrons. The molecule has 0 amide bonds. The van der Waals surface area contributed by atoms with Gasteiger partial charge in [-0.3, -0.25) is 0 Å². The molecule has 1 unspecified atom stereocenters. The summed E-state index contributed by atoms with van der Waals surface area (Å²) in [5.41, 5.74) is 6.36. The summed E-state index contributed by atoms with van der Waals surface area (Å²) in [6.45, 7) is 0. The van der Waals surface area contributed by atoms with E-state index in [2.05, 4.69) is 0 Å². The average Bonchev–Trinajstić information content (AvgIpc) is 2.27. The largest absolute Gasteiger partial charge is 0.550 e. The van der Waals surface area contributed by atoms with E-state index in [9.17, 15) is 9.90 Å². The third kappa shape index (κ3) is 2.87. The third-order valence-electron chi connectivity index (χ3n) is 2.22. The molecule has 0 fully saturated rings. The van der Waals surface area contributed by atoms with Crippen molar-refractivity contribution in [2.24, 2.45) is 5.73 Å². The number of benzene rings is 1. The van der Waals surface area contributed by atoms with Crippen LogP contribution in [-0.4, -0.2) is 20.2 Å². The van der Waals surface area contributed by atoms with Gasteiger partial charge in [-0.05, 0) is 17.7 Å². The van der Waals surface area contributed by atoms with Crippen LogP contribution in [-0.2, 0) is 4.79 Å². The Morgan fingerprint density at radius 1 is 1.38 bits per heavy atom. The lowest BCUT2D eigenvalue weighted by Crippen LogP contribution is -2.27. The first-order valence-electron chi connectivity index (χ1n) is 4.75. The van der Waals surface area contributed by atoms with Gasteiger partial charge in [-0.1, -0.05) is 6.07 Å². The fourth-order valence-corrected chi connectivity index (χ4v) is 1.38. The summed E-state index contributed by atoms with van der Waals surface area (Å²) in [5, 5.41) is 10.4. The van der Waals surface area contributed by atoms with Crippen molar-refractivity contribution in [3.63, 3.8) is 0 Å². The fraction of sp³-hybridized carbons (Fsp3) is 0.364. The molecule has 0 aliphatic heterocycles. The van der Waals surface area contributed by atoms with Crippen molar-refractivity contribution in [3.8, 4) is 11.5 Å². The second-order valence-corrected chi connectivity index (χ2v) is 3.30. The van der Waals surface area contributed by atoms with Gasteiger partial charge >= 0.3 is 0 Å². The van der Waals surface area contributed by atoms with E-state index in [0.29, 0.717) is 17.1 Å². The second-order valence-electron chi connectivity index (χ2n) is 3.30. The smallest absolute Gasteiger partial charge is 0.161 e. The Balaban J connectivity index is 2.93. The molecule has 1 rings (SSSR count). The lowest BCUT2D eigenvalue weighted by Gasteiger charge is -2.15. The Labute approximate surface area is 93.8 Å². The van der Waals surface area contributed by atoms with Crippen molar-refractivity contribution < 1.29 is 19.4 Å². The summed E-state index contributed by atoms with van der Waals surface area (Å²) in [6, 6.07) is 4.44. The highest BCUT2D eigenvalue weighted by Crippen LogP contribution is 2.29. The van der Waals surface area contributed by atoms with Crippen LogP contribution in [0.15, 0.2) is 18.2 Å². The van der Waals surface area contributed by atoms with Crippen molar-refractivity contribution in [2.75, 3.05) is 14.2 Å². The van der Waals surface area contributed by atoms with Gasteiger partial charge in [0.2, 0.25) is 0 Å². The predicted octanol–water partition coefficient (Wildman–Crippen LogP) is -0.156. The van der Waals surface area contributed by atoms with Gasteiger partial charge in [-0.2, -0.15) is 0 Å². The van der Waals surface area contributed by atoms with E-state index in [1.54, 1.807) is 18.2 Å². The molecule has 1 aromatic carbocycles. The molecule has 1 aromatic rings. The first-order chi connectivity index (χ1) is 7.58. The van der Waals surface area contributed by atoms with Crippen molar-refractivity contribution in [1.29, 1.82) is 0 Å². The molecule has 1 atom stereocenters. The molecule has 0 aliphatic carbocycles. The normalized spacial score (nSPS) is 11.9. The minimum Gasteiger partial charge on any atom is -0.550 e. The molecular weight excluding hydrogens is 210 g/mol. The van der Waals surface area contributed by atoms with Crippen LogP contribution in [0.2, 0.25) is 0 Å². The Hall–Kier alpha value is -1.75. The number of methoxy groups -OCH3 is 2. The second kappa shape index (κ2) is 5.37. The van der Waals surface area contributed by atoms with Crippen LogP contribution < -0.4 is 20.3 Å². The van der Waals surface area contributed by atoms with Crippen LogP contribution in [0, 0.1) is 0 Å². The number of carboxylic acids is 1. The zero-order valence-corrected chi connectivity index (χ0v) is 9.23. The molecule has 0 aliphatic rings. The summed E-state index contributed by atoms with van der Waals surface area (Å²) < 4.78 is 10.1. The molecule has 0 bridgehead atoms. The molecule has 5 heteroatoms. The van der Waals surface area contributed by atoms with Gasteiger partial charge in [0.1, 0.15) is 0 Å². The van der Waals surface area contributed by atoms with Crippen molar-refractivity contribution in [1.82, 2.24) is 0 Å². The highest BCUT2D eigenvalue weighted by atomic mass is 16.5. The number of carbonyl (C=O) groups excluding carboxylic acids is 1. The zero-order chi connectivity index (χ0) is 12.1. The first kappa shape index (κ1) is 12.3. The molecule has 0 saturated carbocycles. The third-order valence-corrected chi connectivity index (χ3v) is 2.22. The van der Waals surface area contributed by atoms with E-state index in [0.717, 1.165) is 0 Å². The van der Waals surface area contributed by atoms with E-state index in [4.69, 9.17) is 15.2 Å². The van der Waals surface area contributed by atoms with Gasteiger partial charge in [0.15, 0.2) is 11.5 Å². The zero-order valence-electron chi connectivity index (χ0n) is 9.23. The molecule has 5 nitrogen and oxygen atoms in total. The van der Waals surface area contributed by atoms with E-state index in [1.165, 1.54) is 14.2 Å². The molecule has 0 spiro atoms.